The van der Waals surface area contributed by atoms with Crippen molar-refractivity contribution >= 4 is 11.9 Å². The average molecular weight is 300 g/mol. The first-order valence-electron chi connectivity index (χ1n) is 7.69. The zero-order valence-corrected chi connectivity index (χ0v) is 13.0. The minimum absolute atomic E-state index is 0.0565. The van der Waals surface area contributed by atoms with E-state index in [1.165, 1.54) is 0 Å². The van der Waals surface area contributed by atoms with Gasteiger partial charge < -0.3 is 21.1 Å². The van der Waals surface area contributed by atoms with E-state index in [9.17, 15) is 14.7 Å². The third-order valence-corrected chi connectivity index (χ3v) is 3.67. The fraction of sp³-hybridized carbons (Fsp3) is 0.857. The number of nitrogens with one attached hydrogen (secondary N) is 1. The number of amides is 3. The SMILES string of the molecule is CCCC[C@H](NC(N)=O)C(=O)N1CCN(C[C@H](C)O)CC1. The van der Waals surface area contributed by atoms with Crippen LogP contribution in [0.25, 0.3) is 0 Å². The number of hydrogen-bond donors (Lipinski definition) is 3. The number of aliphatic hydroxyl groups is 1. The Balaban J connectivity index is 2.50. The summed E-state index contributed by atoms with van der Waals surface area (Å²) in [4.78, 5) is 27.4. The molecule has 0 saturated carbocycles. The number of carbonyl (C=O) groups excluding carboxylic acids is 2. The van der Waals surface area contributed by atoms with Crippen molar-refractivity contribution in [1.82, 2.24) is 15.1 Å². The fourth-order valence-electron chi connectivity index (χ4n) is 2.58. The number of unbranched alkanes of at least 4 members (excludes halogenated alkanes) is 1. The molecule has 1 fully saturated rings. The molecule has 0 aromatic heterocycles. The molecule has 0 radical (unpaired) electrons. The van der Waals surface area contributed by atoms with Gasteiger partial charge in [0.25, 0.3) is 0 Å². The van der Waals surface area contributed by atoms with Gasteiger partial charge in [-0.15, -0.1) is 0 Å². The molecule has 1 heterocycles. The quantitative estimate of drug-likeness (QED) is 0.603. The summed E-state index contributed by atoms with van der Waals surface area (Å²) >= 11 is 0. The van der Waals surface area contributed by atoms with E-state index in [1.54, 1.807) is 11.8 Å². The molecule has 4 N–H and O–H groups in total. The largest absolute Gasteiger partial charge is 0.392 e. The van der Waals surface area contributed by atoms with Crippen molar-refractivity contribution in [3.63, 3.8) is 0 Å². The molecular formula is C14H28N4O3. The van der Waals surface area contributed by atoms with Gasteiger partial charge in [0.05, 0.1) is 6.10 Å². The third kappa shape index (κ3) is 6.31. The number of nitrogens with zero attached hydrogens (tertiary/aromatic N) is 2. The molecule has 0 aliphatic carbocycles. The summed E-state index contributed by atoms with van der Waals surface area (Å²) in [5.41, 5.74) is 5.15. The standard InChI is InChI=1S/C14H28N4O3/c1-3-4-5-12(16-14(15)21)13(20)18-8-6-17(7-9-18)10-11(2)19/h11-12,19H,3-10H2,1-2H3,(H3,15,16,21)/t11-,12-/m0/s1. The summed E-state index contributed by atoms with van der Waals surface area (Å²) in [6.07, 6.45) is 2.10. The molecule has 1 aliphatic heterocycles. The maximum Gasteiger partial charge on any atom is 0.312 e. The van der Waals surface area contributed by atoms with E-state index in [0.29, 0.717) is 26.1 Å². The molecule has 0 spiro atoms. The van der Waals surface area contributed by atoms with Crippen molar-refractivity contribution in [3.05, 3.63) is 0 Å². The van der Waals surface area contributed by atoms with Crippen LogP contribution in [0.15, 0.2) is 0 Å². The predicted octanol–water partition coefficient (Wildman–Crippen LogP) is -0.261. The topological polar surface area (TPSA) is 98.9 Å². The fourth-order valence-corrected chi connectivity index (χ4v) is 2.58. The summed E-state index contributed by atoms with van der Waals surface area (Å²) in [5, 5.41) is 11.9. The van der Waals surface area contributed by atoms with Gasteiger partial charge in [-0.2, -0.15) is 0 Å². The predicted molar refractivity (Wildman–Crippen MR) is 80.7 cm³/mol. The maximum atomic E-state index is 12.5. The van der Waals surface area contributed by atoms with Crippen molar-refractivity contribution in [1.29, 1.82) is 0 Å². The van der Waals surface area contributed by atoms with E-state index in [1.807, 2.05) is 6.92 Å². The second-order valence-electron chi connectivity index (χ2n) is 5.68. The first-order chi connectivity index (χ1) is 9.93. The van der Waals surface area contributed by atoms with Gasteiger partial charge in [-0.25, -0.2) is 4.79 Å². The Kier molecular flexibility index (Phi) is 7.45. The molecular weight excluding hydrogens is 272 g/mol. The first kappa shape index (κ1) is 17.7. The van der Waals surface area contributed by atoms with Crippen LogP contribution in [-0.2, 0) is 4.79 Å². The van der Waals surface area contributed by atoms with Crippen LogP contribution < -0.4 is 11.1 Å². The molecule has 7 heteroatoms. The van der Waals surface area contributed by atoms with E-state index in [2.05, 4.69) is 10.2 Å². The van der Waals surface area contributed by atoms with Crippen LogP contribution in [0.4, 0.5) is 4.79 Å². The second-order valence-corrected chi connectivity index (χ2v) is 5.68. The van der Waals surface area contributed by atoms with Crippen LogP contribution in [0.5, 0.6) is 0 Å². The molecule has 21 heavy (non-hydrogen) atoms. The summed E-state index contributed by atoms with van der Waals surface area (Å²) in [6.45, 7) is 7.15. The van der Waals surface area contributed by atoms with E-state index in [-0.39, 0.29) is 12.0 Å². The molecule has 0 bridgehead atoms. The molecule has 0 aromatic rings. The van der Waals surface area contributed by atoms with Gasteiger partial charge in [0.2, 0.25) is 5.91 Å². The second kappa shape index (κ2) is 8.84. The summed E-state index contributed by atoms with van der Waals surface area (Å²) < 4.78 is 0. The highest BCUT2D eigenvalue weighted by Crippen LogP contribution is 2.09. The van der Waals surface area contributed by atoms with Gasteiger partial charge in [-0.05, 0) is 13.3 Å². The minimum atomic E-state index is -0.655. The molecule has 122 valence electrons. The van der Waals surface area contributed by atoms with Gasteiger partial charge >= 0.3 is 6.03 Å². The van der Waals surface area contributed by atoms with Crippen molar-refractivity contribution in [2.75, 3.05) is 32.7 Å². The van der Waals surface area contributed by atoms with E-state index in [4.69, 9.17) is 5.73 Å². The summed E-state index contributed by atoms with van der Waals surface area (Å²) in [6, 6.07) is -1.18. The monoisotopic (exact) mass is 300 g/mol. The summed E-state index contributed by atoms with van der Waals surface area (Å²) in [7, 11) is 0. The van der Waals surface area contributed by atoms with Crippen LogP contribution in [-0.4, -0.2) is 71.7 Å². The highest BCUT2D eigenvalue weighted by atomic mass is 16.3. The lowest BCUT2D eigenvalue weighted by molar-refractivity contribution is -0.135. The number of nitrogens with two attached hydrogens (primary N) is 1. The molecule has 2 atom stereocenters. The van der Waals surface area contributed by atoms with Gasteiger partial charge in [0.15, 0.2) is 0 Å². The molecule has 1 rings (SSSR count). The number of β-amino-alcohol motifs (C(OH)–C–C–N with tert-alkyl or cyclic N) is 1. The molecule has 0 aromatic carbocycles. The van der Waals surface area contributed by atoms with Gasteiger partial charge in [0.1, 0.15) is 6.04 Å². The van der Waals surface area contributed by atoms with Crippen LogP contribution >= 0.6 is 0 Å². The number of hydrogen-bond acceptors (Lipinski definition) is 4. The van der Waals surface area contributed by atoms with Crippen LogP contribution in [0.3, 0.4) is 0 Å². The number of piperazine rings is 1. The summed E-state index contributed by atoms with van der Waals surface area (Å²) in [5.74, 6) is -0.0565. The lowest BCUT2D eigenvalue weighted by Gasteiger charge is -2.36. The van der Waals surface area contributed by atoms with E-state index in [0.717, 1.165) is 25.9 Å². The molecule has 7 nitrogen and oxygen atoms in total. The smallest absolute Gasteiger partial charge is 0.312 e. The van der Waals surface area contributed by atoms with Crippen molar-refractivity contribution in [2.45, 2.75) is 45.3 Å². The third-order valence-electron chi connectivity index (χ3n) is 3.67. The van der Waals surface area contributed by atoms with E-state index >= 15 is 0 Å². The van der Waals surface area contributed by atoms with Gasteiger partial charge in [-0.3, -0.25) is 9.69 Å². The van der Waals surface area contributed by atoms with Crippen LogP contribution in [0, 0.1) is 0 Å². The molecule has 3 amide bonds. The first-order valence-corrected chi connectivity index (χ1v) is 7.69. The number of rotatable bonds is 7. The minimum Gasteiger partial charge on any atom is -0.392 e. The zero-order chi connectivity index (χ0) is 15.8. The Hall–Kier alpha value is -1.34. The highest BCUT2D eigenvalue weighted by molar-refractivity contribution is 5.86. The lowest BCUT2D eigenvalue weighted by Crippen LogP contribution is -2.56. The van der Waals surface area contributed by atoms with Gasteiger partial charge in [0, 0.05) is 32.7 Å². The maximum absolute atomic E-state index is 12.5. The highest BCUT2D eigenvalue weighted by Gasteiger charge is 2.28. The number of aliphatic hydroxyl groups excluding tert-OH is 1. The Morgan fingerprint density at radius 2 is 1.90 bits per heavy atom. The Morgan fingerprint density at radius 1 is 1.29 bits per heavy atom. The van der Waals surface area contributed by atoms with Crippen LogP contribution in [0.2, 0.25) is 0 Å². The van der Waals surface area contributed by atoms with Crippen LogP contribution in [0.1, 0.15) is 33.1 Å². The number of urea groups is 1. The van der Waals surface area contributed by atoms with Crippen molar-refractivity contribution in [2.24, 2.45) is 5.73 Å². The Labute approximate surface area is 126 Å². The molecule has 0 unspecified atom stereocenters. The average Bonchev–Trinajstić information content (AvgIpc) is 2.42. The number of carbonyl (C=O) groups is 2. The Morgan fingerprint density at radius 3 is 2.38 bits per heavy atom. The lowest BCUT2D eigenvalue weighted by atomic mass is 10.1. The Bertz CT molecular complexity index is 341. The molecule has 1 saturated heterocycles. The number of primary amides is 1. The molecule has 1 aliphatic rings. The van der Waals surface area contributed by atoms with Gasteiger partial charge in [-0.1, -0.05) is 19.8 Å². The van der Waals surface area contributed by atoms with E-state index < -0.39 is 12.1 Å². The zero-order valence-electron chi connectivity index (χ0n) is 13.0. The normalized spacial score (nSPS) is 19.1. The van der Waals surface area contributed by atoms with Crippen molar-refractivity contribution in [3.8, 4) is 0 Å². The van der Waals surface area contributed by atoms with Crippen molar-refractivity contribution < 1.29 is 14.7 Å².